The third-order valence-corrected chi connectivity index (χ3v) is 4.68. The van der Waals surface area contributed by atoms with E-state index in [9.17, 15) is 0 Å². The number of anilines is 1. The smallest absolute Gasteiger partial charge is 0.136 e. The molecule has 25 heavy (non-hydrogen) atoms. The highest BCUT2D eigenvalue weighted by atomic mass is 16.5. The van der Waals surface area contributed by atoms with Crippen LogP contribution in [0.2, 0.25) is 0 Å². The van der Waals surface area contributed by atoms with Crippen molar-refractivity contribution in [1.29, 1.82) is 0 Å². The van der Waals surface area contributed by atoms with Crippen LogP contribution in [0.1, 0.15) is 12.0 Å². The SMILES string of the molecule is COc1ccc2c(ccc3[nH]c4c(C)cnc(NCCCN)c4c32)c1. The maximum Gasteiger partial charge on any atom is 0.136 e. The lowest BCUT2D eigenvalue weighted by atomic mass is 10.0. The van der Waals surface area contributed by atoms with Gasteiger partial charge in [-0.15, -0.1) is 0 Å². The molecule has 0 aliphatic rings. The second-order valence-corrected chi connectivity index (χ2v) is 6.31. The predicted octanol–water partition coefficient (Wildman–Crippen LogP) is 3.95. The number of nitrogens with two attached hydrogens (primary N) is 1. The molecule has 0 saturated heterocycles. The Bertz CT molecular complexity index is 1070. The van der Waals surface area contributed by atoms with Gasteiger partial charge in [0.15, 0.2) is 0 Å². The third kappa shape index (κ3) is 2.57. The average Bonchev–Trinajstić information content (AvgIpc) is 3.04. The zero-order chi connectivity index (χ0) is 17.4. The van der Waals surface area contributed by atoms with E-state index in [2.05, 4.69) is 46.5 Å². The molecular weight excluding hydrogens is 312 g/mol. The quantitative estimate of drug-likeness (QED) is 0.483. The van der Waals surface area contributed by atoms with Crippen molar-refractivity contribution >= 4 is 38.4 Å². The van der Waals surface area contributed by atoms with Gasteiger partial charge in [-0.1, -0.05) is 6.07 Å². The molecule has 0 aliphatic carbocycles. The second kappa shape index (κ2) is 6.26. The average molecular weight is 334 g/mol. The molecule has 0 atom stereocenters. The van der Waals surface area contributed by atoms with Gasteiger partial charge >= 0.3 is 0 Å². The molecule has 0 bridgehead atoms. The molecule has 0 unspecified atom stereocenters. The molecule has 0 amide bonds. The van der Waals surface area contributed by atoms with Gasteiger partial charge in [-0.3, -0.25) is 0 Å². The summed E-state index contributed by atoms with van der Waals surface area (Å²) in [5, 5.41) is 8.13. The van der Waals surface area contributed by atoms with Crippen molar-refractivity contribution in [3.8, 4) is 5.75 Å². The molecule has 2 aromatic heterocycles. The van der Waals surface area contributed by atoms with Crippen LogP contribution in [0, 0.1) is 6.92 Å². The Morgan fingerprint density at radius 2 is 2.08 bits per heavy atom. The zero-order valence-electron chi connectivity index (χ0n) is 14.5. The number of hydrogen-bond donors (Lipinski definition) is 3. The highest BCUT2D eigenvalue weighted by molar-refractivity contribution is 6.23. The number of methoxy groups -OCH3 is 1. The van der Waals surface area contributed by atoms with Crippen LogP contribution in [0.25, 0.3) is 32.6 Å². The molecule has 0 aliphatic heterocycles. The number of ether oxygens (including phenoxy) is 1. The van der Waals surface area contributed by atoms with E-state index in [0.29, 0.717) is 6.54 Å². The van der Waals surface area contributed by atoms with Gasteiger partial charge in [-0.25, -0.2) is 4.98 Å². The summed E-state index contributed by atoms with van der Waals surface area (Å²) in [7, 11) is 1.69. The van der Waals surface area contributed by atoms with Crippen LogP contribution in [0.3, 0.4) is 0 Å². The second-order valence-electron chi connectivity index (χ2n) is 6.31. The zero-order valence-corrected chi connectivity index (χ0v) is 14.5. The molecule has 4 N–H and O–H groups in total. The normalized spacial score (nSPS) is 11.5. The molecule has 4 rings (SSSR count). The van der Waals surface area contributed by atoms with Gasteiger partial charge in [0.25, 0.3) is 0 Å². The van der Waals surface area contributed by atoms with Gasteiger partial charge in [0, 0.05) is 23.6 Å². The van der Waals surface area contributed by atoms with Crippen molar-refractivity contribution in [3.63, 3.8) is 0 Å². The molecule has 2 heterocycles. The van der Waals surface area contributed by atoms with Crippen molar-refractivity contribution in [1.82, 2.24) is 9.97 Å². The van der Waals surface area contributed by atoms with E-state index >= 15 is 0 Å². The molecule has 0 radical (unpaired) electrons. The van der Waals surface area contributed by atoms with Gasteiger partial charge in [0.05, 0.1) is 18.0 Å². The van der Waals surface area contributed by atoms with Gasteiger partial charge in [-0.2, -0.15) is 0 Å². The Morgan fingerprint density at radius 3 is 2.88 bits per heavy atom. The highest BCUT2D eigenvalue weighted by Crippen LogP contribution is 2.37. The summed E-state index contributed by atoms with van der Waals surface area (Å²) in [6.45, 7) is 3.56. The molecule has 0 fully saturated rings. The minimum atomic E-state index is 0.665. The van der Waals surface area contributed by atoms with Crippen LogP contribution < -0.4 is 15.8 Å². The minimum Gasteiger partial charge on any atom is -0.497 e. The highest BCUT2D eigenvalue weighted by Gasteiger charge is 2.14. The Balaban J connectivity index is 2.03. The Kier molecular flexibility index (Phi) is 3.93. The van der Waals surface area contributed by atoms with Gasteiger partial charge < -0.3 is 20.8 Å². The maximum absolute atomic E-state index is 5.62. The standard InChI is InChI=1S/C20H22N4O/c1-12-11-23-20(22-9-3-8-21)18-17-15-6-5-14(25-2)10-13(15)4-7-16(17)24-19(12)18/h4-7,10-11,24H,3,8-9,21H2,1-2H3,(H,22,23). The van der Waals surface area contributed by atoms with E-state index in [1.165, 1.54) is 10.8 Å². The van der Waals surface area contributed by atoms with E-state index in [0.717, 1.165) is 51.9 Å². The van der Waals surface area contributed by atoms with Crippen LogP contribution in [0.5, 0.6) is 5.75 Å². The summed E-state index contributed by atoms with van der Waals surface area (Å²) in [6, 6.07) is 10.4. The summed E-state index contributed by atoms with van der Waals surface area (Å²) in [6.07, 6.45) is 2.82. The van der Waals surface area contributed by atoms with Crippen molar-refractivity contribution in [3.05, 3.63) is 42.1 Å². The van der Waals surface area contributed by atoms with Crippen LogP contribution in [0.15, 0.2) is 36.5 Å². The van der Waals surface area contributed by atoms with Crippen LogP contribution in [0.4, 0.5) is 5.82 Å². The number of rotatable bonds is 5. The largest absolute Gasteiger partial charge is 0.497 e. The number of aryl methyl sites for hydroxylation is 1. The fourth-order valence-corrected chi connectivity index (χ4v) is 3.40. The Hall–Kier alpha value is -2.79. The Morgan fingerprint density at radius 1 is 1.20 bits per heavy atom. The lowest BCUT2D eigenvalue weighted by Gasteiger charge is -2.09. The predicted molar refractivity (Wildman–Crippen MR) is 105 cm³/mol. The van der Waals surface area contributed by atoms with Crippen LogP contribution in [-0.4, -0.2) is 30.2 Å². The topological polar surface area (TPSA) is 76.0 Å². The number of aromatic nitrogens is 2. The summed E-state index contributed by atoms with van der Waals surface area (Å²) in [5.41, 5.74) is 9.00. The lowest BCUT2D eigenvalue weighted by Crippen LogP contribution is -2.09. The summed E-state index contributed by atoms with van der Waals surface area (Å²) < 4.78 is 5.37. The molecule has 5 heteroatoms. The first-order valence-electron chi connectivity index (χ1n) is 8.54. The molecular formula is C20H22N4O. The maximum atomic E-state index is 5.62. The number of benzene rings is 2. The number of nitrogens with zero attached hydrogens (tertiary/aromatic N) is 1. The van der Waals surface area contributed by atoms with Crippen LogP contribution >= 0.6 is 0 Å². The van der Waals surface area contributed by atoms with Crippen molar-refractivity contribution in [2.45, 2.75) is 13.3 Å². The van der Waals surface area contributed by atoms with E-state index in [1.807, 2.05) is 12.3 Å². The van der Waals surface area contributed by atoms with E-state index < -0.39 is 0 Å². The van der Waals surface area contributed by atoms with E-state index in [-0.39, 0.29) is 0 Å². The first-order chi connectivity index (χ1) is 12.2. The van der Waals surface area contributed by atoms with Gasteiger partial charge in [0.1, 0.15) is 11.6 Å². The fourth-order valence-electron chi connectivity index (χ4n) is 3.40. The Labute approximate surface area is 146 Å². The van der Waals surface area contributed by atoms with Crippen molar-refractivity contribution in [2.24, 2.45) is 5.73 Å². The number of aromatic amines is 1. The monoisotopic (exact) mass is 334 g/mol. The molecule has 0 spiro atoms. The number of nitrogens with one attached hydrogen (secondary N) is 2. The molecule has 5 nitrogen and oxygen atoms in total. The van der Waals surface area contributed by atoms with E-state index in [1.54, 1.807) is 7.11 Å². The van der Waals surface area contributed by atoms with Crippen molar-refractivity contribution in [2.75, 3.05) is 25.5 Å². The number of pyridine rings is 1. The molecule has 0 saturated carbocycles. The molecule has 4 aromatic rings. The van der Waals surface area contributed by atoms with E-state index in [4.69, 9.17) is 10.5 Å². The minimum absolute atomic E-state index is 0.665. The first kappa shape index (κ1) is 15.7. The number of fused-ring (bicyclic) bond motifs is 5. The van der Waals surface area contributed by atoms with Crippen LogP contribution in [-0.2, 0) is 0 Å². The van der Waals surface area contributed by atoms with Crippen molar-refractivity contribution < 1.29 is 4.74 Å². The first-order valence-corrected chi connectivity index (χ1v) is 8.54. The molecule has 2 aromatic carbocycles. The van der Waals surface area contributed by atoms with Gasteiger partial charge in [0.2, 0.25) is 0 Å². The van der Waals surface area contributed by atoms with Gasteiger partial charge in [-0.05, 0) is 60.5 Å². The lowest BCUT2D eigenvalue weighted by molar-refractivity contribution is 0.415. The third-order valence-electron chi connectivity index (χ3n) is 4.68. The summed E-state index contributed by atoms with van der Waals surface area (Å²) in [4.78, 5) is 8.21. The number of hydrogen-bond acceptors (Lipinski definition) is 4. The fraction of sp³-hybridized carbons (Fsp3) is 0.250. The molecule has 128 valence electrons. The summed E-state index contributed by atoms with van der Waals surface area (Å²) >= 11 is 0. The number of H-pyrrole nitrogens is 1. The summed E-state index contributed by atoms with van der Waals surface area (Å²) in [5.74, 6) is 1.77.